The zero-order valence-corrected chi connectivity index (χ0v) is 16.3. The van der Waals surface area contributed by atoms with Crippen LogP contribution >= 0.6 is 0 Å². The molecule has 2 aliphatic rings. The van der Waals surface area contributed by atoms with Gasteiger partial charge in [0.2, 0.25) is 11.8 Å². The van der Waals surface area contributed by atoms with E-state index in [1.807, 2.05) is 37.3 Å². The molecule has 146 valence electrons. The van der Waals surface area contributed by atoms with Crippen molar-refractivity contribution in [3.63, 3.8) is 0 Å². The van der Waals surface area contributed by atoms with Crippen molar-refractivity contribution in [2.45, 2.75) is 57.7 Å². The molecule has 1 aliphatic carbocycles. The summed E-state index contributed by atoms with van der Waals surface area (Å²) >= 11 is 0. The fourth-order valence-electron chi connectivity index (χ4n) is 4.00. The first-order chi connectivity index (χ1) is 13.7. The number of carbonyl (C=O) groups excluding carboxylic acids is 1. The average Bonchev–Trinajstić information content (AvgIpc) is 3.28. The highest BCUT2D eigenvalue weighted by Gasteiger charge is 2.33. The molecule has 1 unspecified atom stereocenters. The number of benzene rings is 1. The van der Waals surface area contributed by atoms with E-state index in [1.165, 1.54) is 6.42 Å². The number of hydrogen-bond acceptors (Lipinski definition) is 5. The molecule has 0 spiro atoms. The van der Waals surface area contributed by atoms with Crippen LogP contribution in [0.2, 0.25) is 0 Å². The number of hydrogen-bond donors (Lipinski definition) is 0. The predicted molar refractivity (Wildman–Crippen MR) is 105 cm³/mol. The predicted octanol–water partition coefficient (Wildman–Crippen LogP) is 3.52. The molecule has 1 aromatic carbocycles. The molecule has 0 radical (unpaired) electrons. The second-order valence-corrected chi connectivity index (χ2v) is 7.75. The van der Waals surface area contributed by atoms with Crippen molar-refractivity contribution in [3.05, 3.63) is 41.8 Å². The molecule has 1 atom stereocenters. The zero-order chi connectivity index (χ0) is 19.5. The summed E-state index contributed by atoms with van der Waals surface area (Å²) in [7, 11) is 0. The summed E-state index contributed by atoms with van der Waals surface area (Å²) < 4.78 is 5.90. The standard InChI is InChI=1S/C22H26N4O2/c1-16-20(24-22(28-16)17-7-3-2-4-8-17)14-25(18-9-5-10-18)15-21(27)26-12-6-11-19(26)13-23/h2-4,7-8,18-19H,5-6,9-12,14-15H2,1H3. The third kappa shape index (κ3) is 3.81. The second kappa shape index (κ2) is 8.15. The Kier molecular flexibility index (Phi) is 5.45. The highest BCUT2D eigenvalue weighted by Crippen LogP contribution is 2.29. The van der Waals surface area contributed by atoms with Gasteiger partial charge in [0, 0.05) is 24.7 Å². The van der Waals surface area contributed by atoms with Gasteiger partial charge in [0.25, 0.3) is 0 Å². The number of aryl methyl sites for hydroxylation is 1. The maximum absolute atomic E-state index is 12.9. The first kappa shape index (κ1) is 18.7. The van der Waals surface area contributed by atoms with Gasteiger partial charge in [-0.25, -0.2) is 4.98 Å². The summed E-state index contributed by atoms with van der Waals surface area (Å²) in [6.07, 6.45) is 5.12. The van der Waals surface area contributed by atoms with Crippen LogP contribution in [0.25, 0.3) is 11.5 Å². The summed E-state index contributed by atoms with van der Waals surface area (Å²) in [5, 5.41) is 9.29. The number of nitriles is 1. The Hall–Kier alpha value is -2.65. The topological polar surface area (TPSA) is 73.4 Å². The van der Waals surface area contributed by atoms with Gasteiger partial charge < -0.3 is 9.32 Å². The minimum Gasteiger partial charge on any atom is -0.441 e. The fourth-order valence-corrected chi connectivity index (χ4v) is 4.00. The Morgan fingerprint density at radius 3 is 2.75 bits per heavy atom. The van der Waals surface area contributed by atoms with Gasteiger partial charge in [0.1, 0.15) is 11.8 Å². The summed E-state index contributed by atoms with van der Waals surface area (Å²) in [6.45, 7) is 3.57. The summed E-state index contributed by atoms with van der Waals surface area (Å²) in [5.41, 5.74) is 1.84. The van der Waals surface area contributed by atoms with E-state index in [4.69, 9.17) is 9.40 Å². The first-order valence-electron chi connectivity index (χ1n) is 10.1. The second-order valence-electron chi connectivity index (χ2n) is 7.75. The van der Waals surface area contributed by atoms with Crippen LogP contribution in [0.5, 0.6) is 0 Å². The van der Waals surface area contributed by atoms with Gasteiger partial charge in [-0.1, -0.05) is 24.6 Å². The van der Waals surface area contributed by atoms with Crippen molar-refractivity contribution in [2.75, 3.05) is 13.1 Å². The van der Waals surface area contributed by atoms with Gasteiger partial charge in [0.05, 0.1) is 18.3 Å². The minimum atomic E-state index is -0.269. The van der Waals surface area contributed by atoms with Crippen LogP contribution in [-0.2, 0) is 11.3 Å². The molecule has 0 N–H and O–H groups in total. The van der Waals surface area contributed by atoms with E-state index in [0.29, 0.717) is 31.6 Å². The SMILES string of the molecule is Cc1oc(-c2ccccc2)nc1CN(CC(=O)N1CCCC1C#N)C1CCC1. The highest BCUT2D eigenvalue weighted by molar-refractivity contribution is 5.79. The van der Waals surface area contributed by atoms with Crippen LogP contribution in [0.15, 0.2) is 34.7 Å². The highest BCUT2D eigenvalue weighted by atomic mass is 16.4. The van der Waals surface area contributed by atoms with E-state index in [-0.39, 0.29) is 11.9 Å². The lowest BCUT2D eigenvalue weighted by Crippen LogP contribution is -2.47. The maximum Gasteiger partial charge on any atom is 0.237 e. The van der Waals surface area contributed by atoms with Gasteiger partial charge in [-0.05, 0) is 44.7 Å². The van der Waals surface area contributed by atoms with Crippen LogP contribution in [0, 0.1) is 18.3 Å². The molecule has 1 amide bonds. The largest absolute Gasteiger partial charge is 0.441 e. The normalized spacial score (nSPS) is 19.6. The van der Waals surface area contributed by atoms with Gasteiger partial charge in [0.15, 0.2) is 0 Å². The summed E-state index contributed by atoms with van der Waals surface area (Å²) in [6, 6.07) is 12.3. The van der Waals surface area contributed by atoms with Crippen LogP contribution in [0.3, 0.4) is 0 Å². The van der Waals surface area contributed by atoms with E-state index >= 15 is 0 Å². The van der Waals surface area contributed by atoms with E-state index in [0.717, 1.165) is 42.7 Å². The molecule has 2 heterocycles. The van der Waals surface area contributed by atoms with Gasteiger partial charge >= 0.3 is 0 Å². The van der Waals surface area contributed by atoms with Crippen molar-refractivity contribution in [2.24, 2.45) is 0 Å². The van der Waals surface area contributed by atoms with Crippen LogP contribution in [-0.4, -0.2) is 45.9 Å². The van der Waals surface area contributed by atoms with Gasteiger partial charge in [-0.15, -0.1) is 0 Å². The van der Waals surface area contributed by atoms with Crippen LogP contribution in [0.4, 0.5) is 0 Å². The lowest BCUT2D eigenvalue weighted by atomic mass is 9.91. The molecule has 6 nitrogen and oxygen atoms in total. The Bertz CT molecular complexity index is 866. The maximum atomic E-state index is 12.9. The number of carbonyl (C=O) groups is 1. The monoisotopic (exact) mass is 378 g/mol. The minimum absolute atomic E-state index is 0.0559. The van der Waals surface area contributed by atoms with Crippen molar-refractivity contribution in [1.82, 2.24) is 14.8 Å². The number of likely N-dealkylation sites (tertiary alicyclic amines) is 1. The fraction of sp³-hybridized carbons (Fsp3) is 0.500. The van der Waals surface area contributed by atoms with Crippen LogP contribution < -0.4 is 0 Å². The Morgan fingerprint density at radius 2 is 2.07 bits per heavy atom. The summed E-state index contributed by atoms with van der Waals surface area (Å²) in [4.78, 5) is 21.5. The summed E-state index contributed by atoms with van der Waals surface area (Å²) in [5.74, 6) is 1.48. The molecule has 0 bridgehead atoms. The van der Waals surface area contributed by atoms with Crippen molar-refractivity contribution >= 4 is 5.91 Å². The Balaban J connectivity index is 1.49. The Labute approximate surface area is 165 Å². The van der Waals surface area contributed by atoms with Crippen molar-refractivity contribution < 1.29 is 9.21 Å². The number of oxazole rings is 1. The first-order valence-corrected chi connectivity index (χ1v) is 10.1. The molecular formula is C22H26N4O2. The van der Waals surface area contributed by atoms with E-state index in [9.17, 15) is 10.1 Å². The van der Waals surface area contributed by atoms with Crippen molar-refractivity contribution in [3.8, 4) is 17.5 Å². The van der Waals surface area contributed by atoms with E-state index in [1.54, 1.807) is 4.90 Å². The molecule has 4 rings (SSSR count). The molecule has 1 aromatic heterocycles. The van der Waals surface area contributed by atoms with E-state index in [2.05, 4.69) is 11.0 Å². The molecule has 28 heavy (non-hydrogen) atoms. The molecule has 2 aromatic rings. The average molecular weight is 378 g/mol. The Morgan fingerprint density at radius 1 is 1.29 bits per heavy atom. The number of amides is 1. The molecular weight excluding hydrogens is 352 g/mol. The van der Waals surface area contributed by atoms with E-state index < -0.39 is 0 Å². The number of nitrogens with zero attached hydrogens (tertiary/aromatic N) is 4. The molecule has 1 saturated heterocycles. The van der Waals surface area contributed by atoms with Gasteiger partial charge in [-0.2, -0.15) is 5.26 Å². The lowest BCUT2D eigenvalue weighted by Gasteiger charge is -2.37. The smallest absolute Gasteiger partial charge is 0.237 e. The zero-order valence-electron chi connectivity index (χ0n) is 16.3. The lowest BCUT2D eigenvalue weighted by molar-refractivity contribution is -0.133. The molecule has 1 aliphatic heterocycles. The third-order valence-electron chi connectivity index (χ3n) is 5.92. The van der Waals surface area contributed by atoms with Crippen molar-refractivity contribution in [1.29, 1.82) is 5.26 Å². The molecule has 2 fully saturated rings. The third-order valence-corrected chi connectivity index (χ3v) is 5.92. The molecule has 1 saturated carbocycles. The quantitative estimate of drug-likeness (QED) is 0.769. The molecule has 6 heteroatoms. The number of rotatable bonds is 6. The number of aromatic nitrogens is 1. The van der Waals surface area contributed by atoms with Crippen LogP contribution in [0.1, 0.15) is 43.6 Å². The van der Waals surface area contributed by atoms with Gasteiger partial charge in [-0.3, -0.25) is 9.69 Å².